The van der Waals surface area contributed by atoms with Crippen LogP contribution in [0.3, 0.4) is 0 Å². The highest BCUT2D eigenvalue weighted by molar-refractivity contribution is 5.99. The molecule has 0 saturated carbocycles. The van der Waals surface area contributed by atoms with Crippen LogP contribution in [-0.4, -0.2) is 32.7 Å². The van der Waals surface area contributed by atoms with Gasteiger partial charge in [-0.1, -0.05) is 13.8 Å². The number of rotatable bonds is 8. The second-order valence-corrected chi connectivity index (χ2v) is 7.52. The Balaban J connectivity index is 2.01. The SMILES string of the molecule is CCn1c(C)cc(C(=O)COC(=O)Cc2c(C)nn(CC(C)C)c2C)c1C. The van der Waals surface area contributed by atoms with Crippen molar-refractivity contribution in [3.8, 4) is 0 Å². The van der Waals surface area contributed by atoms with E-state index in [9.17, 15) is 9.59 Å². The van der Waals surface area contributed by atoms with Crippen molar-refractivity contribution in [1.82, 2.24) is 14.3 Å². The first-order valence-electron chi connectivity index (χ1n) is 9.54. The summed E-state index contributed by atoms with van der Waals surface area (Å²) in [5, 5.41) is 4.52. The molecule has 0 aromatic carbocycles. The van der Waals surface area contributed by atoms with Crippen LogP contribution in [0.5, 0.6) is 0 Å². The highest BCUT2D eigenvalue weighted by Gasteiger charge is 2.19. The Bertz CT molecular complexity index is 843. The summed E-state index contributed by atoms with van der Waals surface area (Å²) >= 11 is 0. The van der Waals surface area contributed by atoms with Crippen LogP contribution in [-0.2, 0) is 29.0 Å². The normalized spacial score (nSPS) is 11.3. The lowest BCUT2D eigenvalue weighted by atomic mass is 10.1. The molecule has 0 amide bonds. The van der Waals surface area contributed by atoms with Crippen LogP contribution in [0, 0.1) is 33.6 Å². The van der Waals surface area contributed by atoms with Crippen molar-refractivity contribution in [1.29, 1.82) is 0 Å². The molecule has 2 heterocycles. The summed E-state index contributed by atoms with van der Waals surface area (Å²) in [5.74, 6) is -0.0920. The Morgan fingerprint density at radius 2 is 1.81 bits per heavy atom. The number of hydrogen-bond donors (Lipinski definition) is 0. The van der Waals surface area contributed by atoms with Crippen LogP contribution < -0.4 is 0 Å². The number of esters is 1. The molecule has 0 aliphatic rings. The van der Waals surface area contributed by atoms with E-state index < -0.39 is 5.97 Å². The van der Waals surface area contributed by atoms with Crippen LogP contribution in [0.25, 0.3) is 0 Å². The van der Waals surface area contributed by atoms with Crippen molar-refractivity contribution >= 4 is 11.8 Å². The molecule has 0 N–H and O–H groups in total. The first kappa shape index (κ1) is 20.9. The van der Waals surface area contributed by atoms with Gasteiger partial charge in [0.15, 0.2) is 6.61 Å². The lowest BCUT2D eigenvalue weighted by molar-refractivity contribution is -0.141. The Labute approximate surface area is 161 Å². The molecule has 2 rings (SSSR count). The van der Waals surface area contributed by atoms with Gasteiger partial charge in [0, 0.05) is 41.3 Å². The molecule has 0 atom stereocenters. The maximum Gasteiger partial charge on any atom is 0.310 e. The Hall–Kier alpha value is -2.37. The quantitative estimate of drug-likeness (QED) is 0.524. The Morgan fingerprint density at radius 1 is 1.15 bits per heavy atom. The van der Waals surface area contributed by atoms with Gasteiger partial charge in [-0.15, -0.1) is 0 Å². The largest absolute Gasteiger partial charge is 0.457 e. The third kappa shape index (κ3) is 4.67. The number of ether oxygens (including phenoxy) is 1. The zero-order valence-electron chi connectivity index (χ0n) is 17.5. The Kier molecular flexibility index (Phi) is 6.63. The van der Waals surface area contributed by atoms with Gasteiger partial charge in [-0.25, -0.2) is 0 Å². The van der Waals surface area contributed by atoms with Crippen LogP contribution in [0.15, 0.2) is 6.07 Å². The van der Waals surface area contributed by atoms with Gasteiger partial charge in [0.25, 0.3) is 0 Å². The summed E-state index contributed by atoms with van der Waals surface area (Å²) < 4.78 is 9.28. The predicted octanol–water partition coefficient (Wildman–Crippen LogP) is 3.56. The van der Waals surface area contributed by atoms with E-state index >= 15 is 0 Å². The molecule has 0 saturated heterocycles. The standard InChI is InChI=1S/C21H31N3O3/c1-8-23-14(4)9-19(16(23)6)20(25)12-27-21(26)10-18-15(5)22-24(17(18)7)11-13(2)3/h9,13H,8,10-12H2,1-7H3. The molecule has 6 nitrogen and oxygen atoms in total. The van der Waals surface area contributed by atoms with E-state index in [0.29, 0.717) is 11.5 Å². The van der Waals surface area contributed by atoms with Crippen LogP contribution in [0.4, 0.5) is 0 Å². The monoisotopic (exact) mass is 373 g/mol. The molecule has 2 aromatic rings. The molecular formula is C21H31N3O3. The predicted molar refractivity (Wildman–Crippen MR) is 105 cm³/mol. The first-order valence-corrected chi connectivity index (χ1v) is 9.54. The molecule has 0 unspecified atom stereocenters. The van der Waals surface area contributed by atoms with Crippen molar-refractivity contribution < 1.29 is 14.3 Å². The van der Waals surface area contributed by atoms with Gasteiger partial charge in [0.05, 0.1) is 12.1 Å². The van der Waals surface area contributed by atoms with Crippen molar-refractivity contribution in [2.75, 3.05) is 6.61 Å². The highest BCUT2D eigenvalue weighted by Crippen LogP contribution is 2.17. The molecule has 0 spiro atoms. The third-order valence-corrected chi connectivity index (χ3v) is 4.95. The molecule has 0 aliphatic heterocycles. The smallest absolute Gasteiger partial charge is 0.310 e. The van der Waals surface area contributed by atoms with Crippen molar-refractivity contribution in [2.45, 2.75) is 68.0 Å². The maximum atomic E-state index is 12.5. The van der Waals surface area contributed by atoms with Gasteiger partial charge >= 0.3 is 5.97 Å². The van der Waals surface area contributed by atoms with Crippen LogP contribution in [0.2, 0.25) is 0 Å². The molecule has 0 aliphatic carbocycles. The van der Waals surface area contributed by atoms with Crippen molar-refractivity contribution in [3.05, 3.63) is 40.0 Å². The van der Waals surface area contributed by atoms with Crippen molar-refractivity contribution in [3.63, 3.8) is 0 Å². The first-order chi connectivity index (χ1) is 12.6. The summed E-state index contributed by atoms with van der Waals surface area (Å²) in [6.45, 7) is 15.4. The molecule has 6 heteroatoms. The van der Waals surface area contributed by atoms with E-state index in [-0.39, 0.29) is 18.8 Å². The second kappa shape index (κ2) is 8.55. The summed E-state index contributed by atoms with van der Waals surface area (Å²) in [6, 6.07) is 1.86. The topological polar surface area (TPSA) is 66.1 Å². The van der Waals surface area contributed by atoms with Crippen LogP contribution in [0.1, 0.15) is 59.5 Å². The number of nitrogens with zero attached hydrogens (tertiary/aromatic N) is 3. The van der Waals surface area contributed by atoms with E-state index in [1.807, 2.05) is 45.4 Å². The van der Waals surface area contributed by atoms with E-state index in [1.165, 1.54) is 0 Å². The van der Waals surface area contributed by atoms with Gasteiger partial charge < -0.3 is 9.30 Å². The Morgan fingerprint density at radius 3 is 2.37 bits per heavy atom. The fraction of sp³-hybridized carbons (Fsp3) is 0.571. The molecule has 148 valence electrons. The molecule has 0 radical (unpaired) electrons. The molecule has 0 bridgehead atoms. The van der Waals surface area contributed by atoms with E-state index in [4.69, 9.17) is 4.74 Å². The lowest BCUT2D eigenvalue weighted by Gasteiger charge is -2.08. The zero-order valence-corrected chi connectivity index (χ0v) is 17.5. The summed E-state index contributed by atoms with van der Waals surface area (Å²) in [4.78, 5) is 24.7. The fourth-order valence-corrected chi connectivity index (χ4v) is 3.50. The molecule has 0 fully saturated rings. The van der Waals surface area contributed by atoms with Gasteiger partial charge in [-0.05, 0) is 46.6 Å². The number of aryl methyl sites for hydroxylation is 2. The lowest BCUT2D eigenvalue weighted by Crippen LogP contribution is -2.17. The minimum atomic E-state index is -0.400. The maximum absolute atomic E-state index is 12.5. The van der Waals surface area contributed by atoms with E-state index in [2.05, 4.69) is 23.5 Å². The average Bonchev–Trinajstić information content (AvgIpc) is 3.02. The zero-order chi connectivity index (χ0) is 20.3. The van der Waals surface area contributed by atoms with Gasteiger partial charge in [0.2, 0.25) is 5.78 Å². The number of carbonyl (C=O) groups excluding carboxylic acids is 2. The number of aromatic nitrogens is 3. The summed E-state index contributed by atoms with van der Waals surface area (Å²) in [5.41, 5.74) is 5.28. The average molecular weight is 373 g/mol. The van der Waals surface area contributed by atoms with Gasteiger partial charge in [-0.2, -0.15) is 5.10 Å². The molecular weight excluding hydrogens is 342 g/mol. The van der Waals surface area contributed by atoms with Gasteiger partial charge in [-0.3, -0.25) is 14.3 Å². The number of Topliss-reactive ketones (excluding diaryl/α,β-unsaturated/α-hetero) is 1. The fourth-order valence-electron chi connectivity index (χ4n) is 3.50. The molecule has 2 aromatic heterocycles. The minimum Gasteiger partial charge on any atom is -0.457 e. The van der Waals surface area contributed by atoms with Crippen LogP contribution >= 0.6 is 0 Å². The summed E-state index contributed by atoms with van der Waals surface area (Å²) in [6.07, 6.45) is 0.136. The number of ketones is 1. The summed E-state index contributed by atoms with van der Waals surface area (Å²) in [7, 11) is 0. The number of hydrogen-bond acceptors (Lipinski definition) is 4. The van der Waals surface area contributed by atoms with E-state index in [1.54, 1.807) is 0 Å². The van der Waals surface area contributed by atoms with Crippen molar-refractivity contribution in [2.24, 2.45) is 5.92 Å². The van der Waals surface area contributed by atoms with E-state index in [0.717, 1.165) is 41.4 Å². The minimum absolute atomic E-state index is 0.136. The second-order valence-electron chi connectivity index (χ2n) is 7.52. The third-order valence-electron chi connectivity index (χ3n) is 4.95. The highest BCUT2D eigenvalue weighted by atomic mass is 16.5. The number of carbonyl (C=O) groups is 2. The van der Waals surface area contributed by atoms with Gasteiger partial charge in [0.1, 0.15) is 0 Å². The molecule has 27 heavy (non-hydrogen) atoms.